The topological polar surface area (TPSA) is 79.7 Å². The van der Waals surface area contributed by atoms with Gasteiger partial charge in [-0.3, -0.25) is 9.59 Å². The van der Waals surface area contributed by atoms with Crippen LogP contribution >= 0.6 is 0 Å². The van der Waals surface area contributed by atoms with Crippen molar-refractivity contribution in [3.05, 3.63) is 23.9 Å². The third-order valence-electron chi connectivity index (χ3n) is 5.10. The Bertz CT molecular complexity index is 686. The second kappa shape index (κ2) is 6.77. The maximum Gasteiger partial charge on any atom is 0.417 e. The molecule has 26 heavy (non-hydrogen) atoms. The van der Waals surface area contributed by atoms with Crippen molar-refractivity contribution >= 4 is 11.9 Å². The van der Waals surface area contributed by atoms with Crippen molar-refractivity contribution in [3.8, 4) is 5.88 Å². The Labute approximate surface area is 148 Å². The van der Waals surface area contributed by atoms with E-state index < -0.39 is 23.1 Å². The smallest absolute Gasteiger partial charge is 0.417 e. The summed E-state index contributed by atoms with van der Waals surface area (Å²) in [6.07, 6.45) is -1.78. The fraction of sp³-hybridized carbons (Fsp3) is 0.588. The Morgan fingerprint density at radius 3 is 2.58 bits per heavy atom. The molecular weight excluding hydrogens is 353 g/mol. The SMILES string of the molecule is O=C(CC1(C(=O)O)CCC1)N1CCC(Oc2ccc(C(F)(F)F)cn2)C1. The van der Waals surface area contributed by atoms with Crippen molar-refractivity contribution < 1.29 is 32.6 Å². The molecule has 1 aromatic heterocycles. The highest BCUT2D eigenvalue weighted by atomic mass is 19.4. The van der Waals surface area contributed by atoms with Crippen LogP contribution in [0.25, 0.3) is 0 Å². The lowest BCUT2D eigenvalue weighted by molar-refractivity contribution is -0.159. The number of hydrogen-bond acceptors (Lipinski definition) is 4. The highest BCUT2D eigenvalue weighted by Crippen LogP contribution is 2.44. The van der Waals surface area contributed by atoms with Gasteiger partial charge in [0.25, 0.3) is 0 Å². The van der Waals surface area contributed by atoms with E-state index >= 15 is 0 Å². The number of pyridine rings is 1. The fourth-order valence-electron chi connectivity index (χ4n) is 3.31. The van der Waals surface area contributed by atoms with E-state index in [1.54, 1.807) is 4.90 Å². The van der Waals surface area contributed by atoms with Gasteiger partial charge in [0.05, 0.1) is 17.5 Å². The zero-order valence-electron chi connectivity index (χ0n) is 14.0. The number of hydrogen-bond donors (Lipinski definition) is 1. The van der Waals surface area contributed by atoms with Crippen molar-refractivity contribution in [2.24, 2.45) is 5.41 Å². The molecule has 0 aromatic carbocycles. The Balaban J connectivity index is 1.54. The fourth-order valence-corrected chi connectivity index (χ4v) is 3.31. The molecule has 6 nitrogen and oxygen atoms in total. The number of carboxylic acids is 1. The Morgan fingerprint density at radius 2 is 2.08 bits per heavy atom. The number of alkyl halides is 3. The number of likely N-dealkylation sites (tertiary alicyclic amines) is 1. The first-order chi connectivity index (χ1) is 12.2. The van der Waals surface area contributed by atoms with Crippen molar-refractivity contribution in [2.75, 3.05) is 13.1 Å². The van der Waals surface area contributed by atoms with E-state index in [2.05, 4.69) is 4.98 Å². The second-order valence-electron chi connectivity index (χ2n) is 6.87. The predicted octanol–water partition coefficient (Wildman–Crippen LogP) is 2.73. The highest BCUT2D eigenvalue weighted by Gasteiger charge is 2.47. The third kappa shape index (κ3) is 3.76. The number of ether oxygens (including phenoxy) is 1. The predicted molar refractivity (Wildman–Crippen MR) is 83.4 cm³/mol. The van der Waals surface area contributed by atoms with Crippen LogP contribution in [0.4, 0.5) is 13.2 Å². The third-order valence-corrected chi connectivity index (χ3v) is 5.10. The lowest BCUT2D eigenvalue weighted by Gasteiger charge is -2.37. The lowest BCUT2D eigenvalue weighted by atomic mass is 9.66. The van der Waals surface area contributed by atoms with Crippen LogP contribution < -0.4 is 4.74 Å². The summed E-state index contributed by atoms with van der Waals surface area (Å²) in [7, 11) is 0. The minimum Gasteiger partial charge on any atom is -0.481 e. The van der Waals surface area contributed by atoms with E-state index in [4.69, 9.17) is 4.74 Å². The number of aliphatic carboxylic acids is 1. The molecule has 1 saturated carbocycles. The number of carbonyl (C=O) groups excluding carboxylic acids is 1. The van der Waals surface area contributed by atoms with Gasteiger partial charge in [-0.2, -0.15) is 13.2 Å². The number of rotatable bonds is 5. The van der Waals surface area contributed by atoms with Gasteiger partial charge in [0.15, 0.2) is 0 Å². The van der Waals surface area contributed by atoms with Crippen molar-refractivity contribution in [2.45, 2.75) is 44.4 Å². The normalized spacial score (nSPS) is 22.0. The van der Waals surface area contributed by atoms with Crippen LogP contribution in [-0.2, 0) is 15.8 Å². The average Bonchev–Trinajstić information content (AvgIpc) is 2.98. The molecule has 1 saturated heterocycles. The zero-order chi connectivity index (χ0) is 18.9. The van der Waals surface area contributed by atoms with E-state index in [1.807, 2.05) is 0 Å². The van der Waals surface area contributed by atoms with Crippen LogP contribution in [0.2, 0.25) is 0 Å². The molecule has 1 N–H and O–H groups in total. The number of halogens is 3. The van der Waals surface area contributed by atoms with Crippen LogP contribution in [0.5, 0.6) is 5.88 Å². The standard InChI is InChI=1S/C17H19F3N2O4/c18-17(19,20)11-2-3-13(21-9-11)26-12-4-7-22(10-12)14(23)8-16(15(24)25)5-1-6-16/h2-3,9,12H,1,4-8,10H2,(H,24,25). The minimum absolute atomic E-state index is 0.0203. The molecular formula is C17H19F3N2O4. The first-order valence-electron chi connectivity index (χ1n) is 8.41. The van der Waals surface area contributed by atoms with E-state index in [-0.39, 0.29) is 30.9 Å². The van der Waals surface area contributed by atoms with Crippen LogP contribution in [0.3, 0.4) is 0 Å². The van der Waals surface area contributed by atoms with Gasteiger partial charge in [-0.1, -0.05) is 6.42 Å². The first kappa shape index (κ1) is 18.5. The van der Waals surface area contributed by atoms with Gasteiger partial charge in [-0.25, -0.2) is 4.98 Å². The Morgan fingerprint density at radius 1 is 1.35 bits per heavy atom. The molecule has 0 bridgehead atoms. The molecule has 1 aliphatic heterocycles. The molecule has 1 aliphatic carbocycles. The van der Waals surface area contributed by atoms with E-state index in [1.165, 1.54) is 0 Å². The van der Waals surface area contributed by atoms with Crippen molar-refractivity contribution in [1.29, 1.82) is 0 Å². The maximum atomic E-state index is 12.5. The molecule has 3 rings (SSSR count). The first-order valence-corrected chi connectivity index (χ1v) is 8.41. The van der Waals surface area contributed by atoms with Crippen LogP contribution in [0, 0.1) is 5.41 Å². The number of amides is 1. The summed E-state index contributed by atoms with van der Waals surface area (Å²) < 4.78 is 43.1. The number of carbonyl (C=O) groups is 2. The lowest BCUT2D eigenvalue weighted by Crippen LogP contribution is -2.43. The van der Waals surface area contributed by atoms with Crippen molar-refractivity contribution in [3.63, 3.8) is 0 Å². The van der Waals surface area contributed by atoms with Gasteiger partial charge in [0, 0.05) is 31.6 Å². The van der Waals surface area contributed by atoms with Crippen LogP contribution in [-0.4, -0.2) is 46.1 Å². The summed E-state index contributed by atoms with van der Waals surface area (Å²) in [6.45, 7) is 0.705. The summed E-state index contributed by atoms with van der Waals surface area (Å²) >= 11 is 0. The highest BCUT2D eigenvalue weighted by molar-refractivity contribution is 5.85. The molecule has 2 fully saturated rings. The molecule has 0 radical (unpaired) electrons. The summed E-state index contributed by atoms with van der Waals surface area (Å²) in [4.78, 5) is 29.0. The van der Waals surface area contributed by atoms with Crippen LogP contribution in [0.1, 0.15) is 37.7 Å². The molecule has 2 heterocycles. The number of aromatic nitrogens is 1. The number of nitrogens with zero attached hydrogens (tertiary/aromatic N) is 2. The summed E-state index contributed by atoms with van der Waals surface area (Å²) in [5, 5.41) is 9.32. The molecule has 1 atom stereocenters. The van der Waals surface area contributed by atoms with E-state index in [0.29, 0.717) is 32.0 Å². The van der Waals surface area contributed by atoms with Gasteiger partial charge in [0.1, 0.15) is 6.10 Å². The Kier molecular flexibility index (Phi) is 4.81. The number of carboxylic acid groups (broad SMARTS) is 1. The van der Waals surface area contributed by atoms with Gasteiger partial charge in [-0.15, -0.1) is 0 Å². The molecule has 0 spiro atoms. The average molecular weight is 372 g/mol. The quantitative estimate of drug-likeness (QED) is 0.860. The van der Waals surface area contributed by atoms with Gasteiger partial charge in [0.2, 0.25) is 11.8 Å². The summed E-state index contributed by atoms with van der Waals surface area (Å²) in [5.41, 5.74) is -1.79. The molecule has 1 unspecified atom stereocenters. The zero-order valence-corrected chi connectivity index (χ0v) is 14.0. The monoisotopic (exact) mass is 372 g/mol. The molecule has 9 heteroatoms. The second-order valence-corrected chi connectivity index (χ2v) is 6.87. The van der Waals surface area contributed by atoms with Crippen LogP contribution in [0.15, 0.2) is 18.3 Å². The van der Waals surface area contributed by atoms with Gasteiger partial charge in [-0.05, 0) is 18.9 Å². The molecule has 1 amide bonds. The molecule has 142 valence electrons. The van der Waals surface area contributed by atoms with Gasteiger partial charge < -0.3 is 14.7 Å². The molecule has 2 aliphatic rings. The van der Waals surface area contributed by atoms with Crippen molar-refractivity contribution in [1.82, 2.24) is 9.88 Å². The molecule has 1 aromatic rings. The van der Waals surface area contributed by atoms with Gasteiger partial charge >= 0.3 is 12.1 Å². The maximum absolute atomic E-state index is 12.5. The Hall–Kier alpha value is -2.32. The van der Waals surface area contributed by atoms with E-state index in [9.17, 15) is 27.9 Å². The van der Waals surface area contributed by atoms with E-state index in [0.717, 1.165) is 18.6 Å². The largest absolute Gasteiger partial charge is 0.481 e. The minimum atomic E-state index is -4.45. The summed E-state index contributed by atoms with van der Waals surface area (Å²) in [6, 6.07) is 2.05. The summed E-state index contributed by atoms with van der Waals surface area (Å²) in [5.74, 6) is -1.09.